The van der Waals surface area contributed by atoms with E-state index in [2.05, 4.69) is 10.4 Å². The van der Waals surface area contributed by atoms with Gasteiger partial charge in [-0.15, -0.1) is 0 Å². The standard InChI is InChI=1S/C15H18F3N3O/c1-10-14(11(2)21(20-10)6-7-22)9-19-13-5-3-4-12(8-13)15(16,17)18/h3-5,8,19,22H,6-7,9H2,1-2H3. The lowest BCUT2D eigenvalue weighted by Gasteiger charge is -2.11. The van der Waals surface area contributed by atoms with Gasteiger partial charge in [0.15, 0.2) is 0 Å². The van der Waals surface area contributed by atoms with Crippen molar-refractivity contribution in [1.82, 2.24) is 9.78 Å². The van der Waals surface area contributed by atoms with E-state index in [0.29, 0.717) is 18.8 Å². The second-order valence-corrected chi connectivity index (χ2v) is 5.03. The van der Waals surface area contributed by atoms with Crippen LogP contribution in [0.4, 0.5) is 18.9 Å². The first-order valence-electron chi connectivity index (χ1n) is 6.88. The van der Waals surface area contributed by atoms with E-state index in [1.54, 1.807) is 10.7 Å². The Kier molecular flexibility index (Phi) is 4.75. The van der Waals surface area contributed by atoms with Crippen LogP contribution < -0.4 is 5.32 Å². The Hall–Kier alpha value is -2.02. The molecular formula is C15H18F3N3O. The molecule has 0 saturated heterocycles. The van der Waals surface area contributed by atoms with Crippen LogP contribution in [0.25, 0.3) is 0 Å². The number of aryl methyl sites for hydroxylation is 1. The Labute approximate surface area is 126 Å². The van der Waals surface area contributed by atoms with Crippen molar-refractivity contribution < 1.29 is 18.3 Å². The zero-order valence-electron chi connectivity index (χ0n) is 12.4. The first-order chi connectivity index (χ1) is 10.3. The molecule has 1 heterocycles. The molecule has 2 rings (SSSR count). The third kappa shape index (κ3) is 3.59. The summed E-state index contributed by atoms with van der Waals surface area (Å²) in [5, 5.41) is 16.3. The highest BCUT2D eigenvalue weighted by Gasteiger charge is 2.30. The second kappa shape index (κ2) is 6.39. The zero-order valence-corrected chi connectivity index (χ0v) is 12.4. The lowest BCUT2D eigenvalue weighted by atomic mass is 10.1. The molecule has 0 amide bonds. The summed E-state index contributed by atoms with van der Waals surface area (Å²) in [6.07, 6.45) is -4.35. The summed E-state index contributed by atoms with van der Waals surface area (Å²) in [4.78, 5) is 0. The van der Waals surface area contributed by atoms with Gasteiger partial charge in [-0.1, -0.05) is 6.07 Å². The van der Waals surface area contributed by atoms with Crippen molar-refractivity contribution in [3.63, 3.8) is 0 Å². The summed E-state index contributed by atoms with van der Waals surface area (Å²) >= 11 is 0. The number of anilines is 1. The Morgan fingerprint density at radius 3 is 2.64 bits per heavy atom. The number of halogens is 3. The van der Waals surface area contributed by atoms with Gasteiger partial charge in [0.05, 0.1) is 24.4 Å². The Morgan fingerprint density at radius 2 is 2.00 bits per heavy atom. The van der Waals surface area contributed by atoms with Crippen LogP contribution in [0.15, 0.2) is 24.3 Å². The summed E-state index contributed by atoms with van der Waals surface area (Å²) in [5.74, 6) is 0. The summed E-state index contributed by atoms with van der Waals surface area (Å²) in [5.41, 5.74) is 2.34. The highest BCUT2D eigenvalue weighted by Crippen LogP contribution is 2.30. The van der Waals surface area contributed by atoms with Gasteiger partial charge in [-0.25, -0.2) is 0 Å². The number of aromatic nitrogens is 2. The Morgan fingerprint density at radius 1 is 1.27 bits per heavy atom. The fourth-order valence-electron chi connectivity index (χ4n) is 2.30. The molecule has 1 aromatic carbocycles. The number of aliphatic hydroxyl groups excluding tert-OH is 1. The molecule has 2 aromatic rings. The van der Waals surface area contributed by atoms with E-state index >= 15 is 0 Å². The number of hydrogen-bond acceptors (Lipinski definition) is 3. The van der Waals surface area contributed by atoms with E-state index in [4.69, 9.17) is 5.11 Å². The number of alkyl halides is 3. The molecule has 2 N–H and O–H groups in total. The predicted molar refractivity (Wildman–Crippen MR) is 77.6 cm³/mol. The van der Waals surface area contributed by atoms with Crippen molar-refractivity contribution in [1.29, 1.82) is 0 Å². The van der Waals surface area contributed by atoms with E-state index in [1.165, 1.54) is 6.07 Å². The number of nitrogens with zero attached hydrogens (tertiary/aromatic N) is 2. The molecule has 0 spiro atoms. The topological polar surface area (TPSA) is 50.1 Å². The van der Waals surface area contributed by atoms with Gasteiger partial charge in [0.25, 0.3) is 0 Å². The zero-order chi connectivity index (χ0) is 16.3. The Balaban J connectivity index is 2.14. The predicted octanol–water partition coefficient (Wildman–Crippen LogP) is 3.12. The van der Waals surface area contributed by atoms with Gasteiger partial charge < -0.3 is 10.4 Å². The third-order valence-electron chi connectivity index (χ3n) is 3.50. The van der Waals surface area contributed by atoms with Crippen LogP contribution in [-0.2, 0) is 19.3 Å². The maximum atomic E-state index is 12.7. The summed E-state index contributed by atoms with van der Waals surface area (Å²) in [6, 6.07) is 5.10. The molecule has 120 valence electrons. The van der Waals surface area contributed by atoms with E-state index in [9.17, 15) is 13.2 Å². The maximum Gasteiger partial charge on any atom is 0.416 e. The molecule has 0 aliphatic carbocycles. The van der Waals surface area contributed by atoms with Gasteiger partial charge in [0.1, 0.15) is 0 Å². The molecule has 0 fully saturated rings. The van der Waals surface area contributed by atoms with Crippen molar-refractivity contribution in [3.05, 3.63) is 46.8 Å². The maximum absolute atomic E-state index is 12.7. The van der Waals surface area contributed by atoms with Crippen molar-refractivity contribution >= 4 is 5.69 Å². The summed E-state index contributed by atoms with van der Waals surface area (Å²) in [7, 11) is 0. The molecule has 4 nitrogen and oxygen atoms in total. The first-order valence-corrected chi connectivity index (χ1v) is 6.88. The fourth-order valence-corrected chi connectivity index (χ4v) is 2.30. The van der Waals surface area contributed by atoms with Gasteiger partial charge in [-0.2, -0.15) is 18.3 Å². The van der Waals surface area contributed by atoms with Gasteiger partial charge in [-0.05, 0) is 32.0 Å². The number of rotatable bonds is 5. The number of hydrogen-bond donors (Lipinski definition) is 2. The summed E-state index contributed by atoms with van der Waals surface area (Å²) in [6.45, 7) is 4.48. The summed E-state index contributed by atoms with van der Waals surface area (Å²) < 4.78 is 39.7. The van der Waals surface area contributed by atoms with E-state index in [1.807, 2.05) is 13.8 Å². The van der Waals surface area contributed by atoms with Crippen LogP contribution in [0.5, 0.6) is 0 Å². The molecule has 1 aromatic heterocycles. The van der Waals surface area contributed by atoms with Crippen LogP contribution in [0.2, 0.25) is 0 Å². The van der Waals surface area contributed by atoms with Crippen molar-refractivity contribution in [2.75, 3.05) is 11.9 Å². The fraction of sp³-hybridized carbons (Fsp3) is 0.400. The molecule has 7 heteroatoms. The molecule has 0 saturated carbocycles. The molecule has 0 atom stereocenters. The average Bonchev–Trinajstić information content (AvgIpc) is 2.71. The van der Waals surface area contributed by atoms with Gasteiger partial charge in [-0.3, -0.25) is 4.68 Å². The smallest absolute Gasteiger partial charge is 0.394 e. The monoisotopic (exact) mass is 313 g/mol. The minimum Gasteiger partial charge on any atom is -0.394 e. The first kappa shape index (κ1) is 16.4. The van der Waals surface area contributed by atoms with Crippen LogP contribution in [0.3, 0.4) is 0 Å². The van der Waals surface area contributed by atoms with Crippen LogP contribution in [0.1, 0.15) is 22.5 Å². The van der Waals surface area contributed by atoms with Crippen molar-refractivity contribution in [2.45, 2.75) is 33.1 Å². The molecule has 22 heavy (non-hydrogen) atoms. The number of aliphatic hydroxyl groups is 1. The van der Waals surface area contributed by atoms with E-state index < -0.39 is 11.7 Å². The van der Waals surface area contributed by atoms with Crippen LogP contribution >= 0.6 is 0 Å². The molecular weight excluding hydrogens is 295 g/mol. The average molecular weight is 313 g/mol. The molecule has 0 unspecified atom stereocenters. The van der Waals surface area contributed by atoms with E-state index in [-0.39, 0.29) is 6.61 Å². The number of nitrogens with one attached hydrogen (secondary N) is 1. The second-order valence-electron chi connectivity index (χ2n) is 5.03. The lowest BCUT2D eigenvalue weighted by molar-refractivity contribution is -0.137. The quantitative estimate of drug-likeness (QED) is 0.891. The van der Waals surface area contributed by atoms with Crippen LogP contribution in [0, 0.1) is 13.8 Å². The minimum absolute atomic E-state index is 0.0115. The Bertz CT molecular complexity index is 650. The largest absolute Gasteiger partial charge is 0.416 e. The molecule has 0 bridgehead atoms. The van der Waals surface area contributed by atoms with E-state index in [0.717, 1.165) is 29.1 Å². The van der Waals surface area contributed by atoms with Crippen molar-refractivity contribution in [3.8, 4) is 0 Å². The molecule has 0 aliphatic heterocycles. The van der Waals surface area contributed by atoms with Crippen LogP contribution in [-0.4, -0.2) is 21.5 Å². The molecule has 0 aliphatic rings. The van der Waals surface area contributed by atoms with Crippen molar-refractivity contribution in [2.24, 2.45) is 0 Å². The number of benzene rings is 1. The van der Waals surface area contributed by atoms with Gasteiger partial charge >= 0.3 is 6.18 Å². The third-order valence-corrected chi connectivity index (χ3v) is 3.50. The normalized spacial score (nSPS) is 11.7. The highest BCUT2D eigenvalue weighted by atomic mass is 19.4. The highest BCUT2D eigenvalue weighted by molar-refractivity contribution is 5.47. The van der Waals surface area contributed by atoms with Gasteiger partial charge in [0, 0.05) is 23.5 Å². The molecule has 0 radical (unpaired) electrons. The van der Waals surface area contributed by atoms with Gasteiger partial charge in [0.2, 0.25) is 0 Å². The minimum atomic E-state index is -4.35. The lowest BCUT2D eigenvalue weighted by Crippen LogP contribution is -2.08. The SMILES string of the molecule is Cc1nn(CCO)c(C)c1CNc1cccc(C(F)(F)F)c1.